The van der Waals surface area contributed by atoms with E-state index in [1.165, 1.54) is 0 Å². The van der Waals surface area contributed by atoms with Crippen LogP contribution in [-0.2, 0) is 16.1 Å². The van der Waals surface area contributed by atoms with Gasteiger partial charge in [0.05, 0.1) is 13.3 Å². The lowest BCUT2D eigenvalue weighted by Gasteiger charge is -2.10. The summed E-state index contributed by atoms with van der Waals surface area (Å²) < 4.78 is 42.2. The van der Waals surface area contributed by atoms with E-state index in [0.29, 0.717) is 11.4 Å². The predicted molar refractivity (Wildman–Crippen MR) is 105 cm³/mol. The molecule has 0 aliphatic heterocycles. The Morgan fingerprint density at radius 1 is 1.10 bits per heavy atom. The number of methoxy groups -OCH3 is 1. The molecule has 1 aromatic heterocycles. The van der Waals surface area contributed by atoms with Crippen molar-refractivity contribution >= 4 is 17.7 Å². The van der Waals surface area contributed by atoms with Crippen molar-refractivity contribution in [2.45, 2.75) is 12.8 Å². The second kappa shape index (κ2) is 10.7. The molecule has 0 aliphatic carbocycles. The number of amides is 1. The molecule has 1 heterocycles. The first-order valence-electron chi connectivity index (χ1n) is 8.65. The Hall–Kier alpha value is -4.02. The standard InChI is InChI=1S/C18H17N3O3.C2HF3O2/c1-23-17-5-3-2-4-14(17)12-24-18(22)21-16-8-6-13(7-9-16)15-10-19-20-11-15;3-2(4,5)1(6)7/h2-11H,12H2,1H3,(H,19,20)(H,21,22);(H,6,7). The van der Waals surface area contributed by atoms with Crippen molar-refractivity contribution in [1.82, 2.24) is 10.2 Å². The lowest BCUT2D eigenvalue weighted by molar-refractivity contribution is -0.192. The highest BCUT2D eigenvalue weighted by atomic mass is 19.4. The third kappa shape index (κ3) is 7.38. The number of carboxylic acids is 1. The maximum atomic E-state index is 11.9. The molecule has 0 aliphatic rings. The van der Waals surface area contributed by atoms with Crippen LogP contribution in [0.15, 0.2) is 60.9 Å². The largest absolute Gasteiger partial charge is 0.496 e. The zero-order valence-electron chi connectivity index (χ0n) is 16.1. The monoisotopic (exact) mass is 437 g/mol. The fourth-order valence-electron chi connectivity index (χ4n) is 2.27. The fraction of sp³-hybridized carbons (Fsp3) is 0.150. The number of halogens is 3. The van der Waals surface area contributed by atoms with Crippen LogP contribution in [0.25, 0.3) is 11.1 Å². The molecule has 0 saturated heterocycles. The highest BCUT2D eigenvalue weighted by molar-refractivity contribution is 5.85. The van der Waals surface area contributed by atoms with Crippen LogP contribution in [0.4, 0.5) is 23.7 Å². The maximum absolute atomic E-state index is 11.9. The van der Waals surface area contributed by atoms with E-state index < -0.39 is 18.2 Å². The first kappa shape index (κ1) is 23.3. The number of para-hydroxylation sites is 1. The van der Waals surface area contributed by atoms with E-state index in [0.717, 1.165) is 16.7 Å². The maximum Gasteiger partial charge on any atom is 0.490 e. The second-order valence-electron chi connectivity index (χ2n) is 5.88. The zero-order valence-corrected chi connectivity index (χ0v) is 16.1. The highest BCUT2D eigenvalue weighted by Crippen LogP contribution is 2.21. The number of aromatic nitrogens is 2. The third-order valence-electron chi connectivity index (χ3n) is 3.76. The summed E-state index contributed by atoms with van der Waals surface area (Å²) in [6.45, 7) is 0.142. The summed E-state index contributed by atoms with van der Waals surface area (Å²) in [6, 6.07) is 14.8. The van der Waals surface area contributed by atoms with Crippen LogP contribution in [-0.4, -0.2) is 40.7 Å². The summed E-state index contributed by atoms with van der Waals surface area (Å²) in [6.07, 6.45) is -2.05. The van der Waals surface area contributed by atoms with Gasteiger partial charge < -0.3 is 14.6 Å². The number of nitrogens with zero attached hydrogens (tertiary/aromatic N) is 1. The summed E-state index contributed by atoms with van der Waals surface area (Å²) in [4.78, 5) is 20.8. The quantitative estimate of drug-likeness (QED) is 0.543. The summed E-state index contributed by atoms with van der Waals surface area (Å²) >= 11 is 0. The van der Waals surface area contributed by atoms with Gasteiger partial charge in [-0.25, -0.2) is 9.59 Å². The van der Waals surface area contributed by atoms with Gasteiger partial charge in [0.1, 0.15) is 12.4 Å². The van der Waals surface area contributed by atoms with E-state index in [1.807, 2.05) is 54.7 Å². The third-order valence-corrected chi connectivity index (χ3v) is 3.76. The number of carbonyl (C=O) groups is 2. The minimum atomic E-state index is -5.08. The lowest BCUT2D eigenvalue weighted by atomic mass is 10.1. The molecule has 164 valence electrons. The van der Waals surface area contributed by atoms with Gasteiger partial charge in [-0.3, -0.25) is 10.4 Å². The van der Waals surface area contributed by atoms with Crippen molar-refractivity contribution in [2.75, 3.05) is 12.4 Å². The van der Waals surface area contributed by atoms with Gasteiger partial charge in [0.25, 0.3) is 0 Å². The Kier molecular flexibility index (Phi) is 8.01. The van der Waals surface area contributed by atoms with E-state index in [-0.39, 0.29) is 6.61 Å². The van der Waals surface area contributed by atoms with E-state index in [1.54, 1.807) is 13.3 Å². The predicted octanol–water partition coefficient (Wildman–Crippen LogP) is 4.47. The Morgan fingerprint density at radius 2 is 1.74 bits per heavy atom. The first-order valence-corrected chi connectivity index (χ1v) is 8.65. The molecule has 0 spiro atoms. The summed E-state index contributed by atoms with van der Waals surface area (Å²) in [5.41, 5.74) is 3.47. The fourth-order valence-corrected chi connectivity index (χ4v) is 2.27. The molecule has 1 amide bonds. The SMILES string of the molecule is COc1ccccc1COC(=O)Nc1ccc(-c2cn[nH]c2)cc1.O=C(O)C(F)(F)F. The molecular formula is C20H18F3N3O5. The number of hydrogen-bond acceptors (Lipinski definition) is 5. The Labute approximate surface area is 174 Å². The number of alkyl halides is 3. The molecule has 8 nitrogen and oxygen atoms in total. The van der Waals surface area contributed by atoms with E-state index >= 15 is 0 Å². The molecule has 0 bridgehead atoms. The number of aromatic amines is 1. The van der Waals surface area contributed by atoms with Crippen molar-refractivity contribution in [3.05, 3.63) is 66.5 Å². The van der Waals surface area contributed by atoms with Crippen LogP contribution < -0.4 is 10.1 Å². The molecule has 0 atom stereocenters. The number of nitrogens with one attached hydrogen (secondary N) is 2. The number of hydrogen-bond donors (Lipinski definition) is 3. The lowest BCUT2D eigenvalue weighted by Crippen LogP contribution is -2.21. The molecule has 0 fully saturated rings. The molecule has 3 rings (SSSR count). The normalized spacial score (nSPS) is 10.5. The molecule has 31 heavy (non-hydrogen) atoms. The van der Waals surface area contributed by atoms with Gasteiger partial charge in [0.15, 0.2) is 0 Å². The molecular weight excluding hydrogens is 419 g/mol. The molecule has 0 unspecified atom stereocenters. The number of carboxylic acid groups (broad SMARTS) is 1. The van der Waals surface area contributed by atoms with Crippen molar-refractivity contribution in [3.8, 4) is 16.9 Å². The smallest absolute Gasteiger partial charge is 0.490 e. The number of H-pyrrole nitrogens is 1. The van der Waals surface area contributed by atoms with Gasteiger partial charge in [-0.2, -0.15) is 18.3 Å². The topological polar surface area (TPSA) is 114 Å². The van der Waals surface area contributed by atoms with Gasteiger partial charge in [-0.1, -0.05) is 30.3 Å². The molecule has 0 saturated carbocycles. The first-order chi connectivity index (χ1) is 14.7. The van der Waals surface area contributed by atoms with Crippen molar-refractivity contribution in [3.63, 3.8) is 0 Å². The Bertz CT molecular complexity index is 990. The molecule has 0 radical (unpaired) electrons. The number of aliphatic carboxylic acids is 1. The van der Waals surface area contributed by atoms with Gasteiger partial charge >= 0.3 is 18.2 Å². The average molecular weight is 437 g/mol. The summed E-state index contributed by atoms with van der Waals surface area (Å²) in [7, 11) is 1.58. The highest BCUT2D eigenvalue weighted by Gasteiger charge is 2.38. The summed E-state index contributed by atoms with van der Waals surface area (Å²) in [5, 5.41) is 16.5. The minimum Gasteiger partial charge on any atom is -0.496 e. The Morgan fingerprint density at radius 3 is 2.29 bits per heavy atom. The number of anilines is 1. The van der Waals surface area contributed by atoms with Crippen LogP contribution in [0.3, 0.4) is 0 Å². The molecule has 11 heteroatoms. The molecule has 2 aromatic carbocycles. The van der Waals surface area contributed by atoms with Crippen LogP contribution in [0.5, 0.6) is 5.75 Å². The van der Waals surface area contributed by atoms with Crippen LogP contribution in [0.2, 0.25) is 0 Å². The summed E-state index contributed by atoms with van der Waals surface area (Å²) in [5.74, 6) is -2.07. The van der Waals surface area contributed by atoms with E-state index in [9.17, 15) is 18.0 Å². The van der Waals surface area contributed by atoms with Gasteiger partial charge in [-0.05, 0) is 23.8 Å². The molecule has 3 N–H and O–H groups in total. The number of benzene rings is 2. The van der Waals surface area contributed by atoms with Gasteiger partial charge in [0, 0.05) is 23.0 Å². The van der Waals surface area contributed by atoms with Crippen LogP contribution in [0, 0.1) is 0 Å². The van der Waals surface area contributed by atoms with Gasteiger partial charge in [-0.15, -0.1) is 0 Å². The second-order valence-corrected chi connectivity index (χ2v) is 5.88. The van der Waals surface area contributed by atoms with Crippen LogP contribution >= 0.6 is 0 Å². The molecule has 3 aromatic rings. The van der Waals surface area contributed by atoms with Crippen LogP contribution in [0.1, 0.15) is 5.56 Å². The minimum absolute atomic E-state index is 0.142. The van der Waals surface area contributed by atoms with E-state index in [2.05, 4.69) is 15.5 Å². The number of carbonyl (C=O) groups excluding carboxylic acids is 1. The van der Waals surface area contributed by atoms with Gasteiger partial charge in [0.2, 0.25) is 0 Å². The van der Waals surface area contributed by atoms with Crippen molar-refractivity contribution in [2.24, 2.45) is 0 Å². The number of rotatable bonds is 5. The van der Waals surface area contributed by atoms with E-state index in [4.69, 9.17) is 19.4 Å². The average Bonchev–Trinajstić information content (AvgIpc) is 3.27. The zero-order chi connectivity index (χ0) is 22.9. The van der Waals surface area contributed by atoms with Crippen molar-refractivity contribution in [1.29, 1.82) is 0 Å². The van der Waals surface area contributed by atoms with Crippen molar-refractivity contribution < 1.29 is 37.3 Å². The number of ether oxygens (including phenoxy) is 2. The Balaban J connectivity index is 0.000000423.